The molecule has 0 fully saturated rings. The minimum Gasteiger partial charge on any atom is -0.0622 e. The molecule has 0 radical (unpaired) electrons. The Hall–Kier alpha value is -1.82. The second kappa shape index (κ2) is 4.13. The molecule has 18 heavy (non-hydrogen) atoms. The quantitative estimate of drug-likeness (QED) is 0.672. The van der Waals surface area contributed by atoms with Crippen LogP contribution in [0, 0.1) is 13.8 Å². The number of fused-ring (bicyclic) bond motifs is 1. The maximum atomic E-state index is 2.35. The third-order valence-electron chi connectivity index (χ3n) is 3.93. The van der Waals surface area contributed by atoms with E-state index < -0.39 is 0 Å². The molecule has 0 unspecified atom stereocenters. The summed E-state index contributed by atoms with van der Waals surface area (Å²) in [5.41, 5.74) is 9.97. The topological polar surface area (TPSA) is 0 Å². The van der Waals surface area contributed by atoms with Crippen molar-refractivity contribution in [2.45, 2.75) is 27.2 Å². The molecule has 0 nitrogen and oxygen atoms in total. The molecule has 0 N–H and O–H groups in total. The first-order chi connectivity index (χ1) is 8.66. The minimum absolute atomic E-state index is 1.10. The van der Waals surface area contributed by atoms with E-state index in [1.807, 2.05) is 0 Å². The van der Waals surface area contributed by atoms with Gasteiger partial charge in [-0.25, -0.2) is 0 Å². The summed E-state index contributed by atoms with van der Waals surface area (Å²) in [5, 5.41) is 0. The highest BCUT2D eigenvalue weighted by Crippen LogP contribution is 2.38. The van der Waals surface area contributed by atoms with Gasteiger partial charge in [-0.3, -0.25) is 0 Å². The third kappa shape index (κ3) is 1.69. The molecule has 0 aliphatic heterocycles. The standard InChI is InChI=1S/C18H18/c1-12-9-16-10-14(3)18(17(16)11-13(12)2)15-7-5-4-6-8-15/h4-9,11H,10H2,1-3H3. The van der Waals surface area contributed by atoms with Crippen LogP contribution < -0.4 is 0 Å². The van der Waals surface area contributed by atoms with Crippen molar-refractivity contribution in [3.8, 4) is 0 Å². The lowest BCUT2D eigenvalue weighted by molar-refractivity contribution is 1.17. The van der Waals surface area contributed by atoms with Gasteiger partial charge in [0.2, 0.25) is 0 Å². The lowest BCUT2D eigenvalue weighted by Gasteiger charge is -2.10. The summed E-state index contributed by atoms with van der Waals surface area (Å²) in [6.07, 6.45) is 1.10. The van der Waals surface area contributed by atoms with E-state index in [4.69, 9.17) is 0 Å². The first kappa shape index (κ1) is 11.3. The highest BCUT2D eigenvalue weighted by atomic mass is 14.2. The van der Waals surface area contributed by atoms with Crippen molar-refractivity contribution in [2.24, 2.45) is 0 Å². The van der Waals surface area contributed by atoms with Crippen LogP contribution in [-0.2, 0) is 6.42 Å². The Kier molecular flexibility index (Phi) is 2.59. The highest BCUT2D eigenvalue weighted by molar-refractivity contribution is 5.87. The van der Waals surface area contributed by atoms with Gasteiger partial charge in [0.1, 0.15) is 0 Å². The van der Waals surface area contributed by atoms with Crippen LogP contribution in [0.15, 0.2) is 48.0 Å². The lowest BCUT2D eigenvalue weighted by atomic mass is 9.95. The van der Waals surface area contributed by atoms with E-state index in [9.17, 15) is 0 Å². The van der Waals surface area contributed by atoms with E-state index in [2.05, 4.69) is 63.2 Å². The van der Waals surface area contributed by atoms with Gasteiger partial charge in [-0.05, 0) is 60.6 Å². The van der Waals surface area contributed by atoms with Crippen LogP contribution in [-0.4, -0.2) is 0 Å². The number of hydrogen-bond donors (Lipinski definition) is 0. The van der Waals surface area contributed by atoms with Crippen LogP contribution in [0.25, 0.3) is 5.57 Å². The Balaban J connectivity index is 2.20. The van der Waals surface area contributed by atoms with Gasteiger partial charge in [-0.15, -0.1) is 0 Å². The second-order valence-corrected chi connectivity index (χ2v) is 5.29. The fourth-order valence-corrected chi connectivity index (χ4v) is 2.87. The van der Waals surface area contributed by atoms with Gasteiger partial charge < -0.3 is 0 Å². The summed E-state index contributed by atoms with van der Waals surface area (Å²) in [6, 6.07) is 15.4. The fourth-order valence-electron chi connectivity index (χ4n) is 2.87. The predicted octanol–water partition coefficient (Wildman–Crippen LogP) is 4.68. The lowest BCUT2D eigenvalue weighted by Crippen LogP contribution is -1.91. The van der Waals surface area contributed by atoms with Crippen molar-refractivity contribution >= 4 is 5.57 Å². The Morgan fingerprint density at radius 3 is 2.22 bits per heavy atom. The molecule has 0 aromatic heterocycles. The summed E-state index contributed by atoms with van der Waals surface area (Å²) in [7, 11) is 0. The molecule has 0 saturated carbocycles. The highest BCUT2D eigenvalue weighted by Gasteiger charge is 2.20. The van der Waals surface area contributed by atoms with E-state index in [1.165, 1.54) is 39.0 Å². The molecule has 3 rings (SSSR count). The Morgan fingerprint density at radius 1 is 0.833 bits per heavy atom. The van der Waals surface area contributed by atoms with Crippen LogP contribution >= 0.6 is 0 Å². The van der Waals surface area contributed by atoms with Gasteiger partial charge in [-0.2, -0.15) is 0 Å². The molecule has 1 aliphatic rings. The molecule has 0 bridgehead atoms. The number of hydrogen-bond acceptors (Lipinski definition) is 0. The summed E-state index contributed by atoms with van der Waals surface area (Å²) in [4.78, 5) is 0. The SMILES string of the molecule is CC1=C(c2ccccc2)c2cc(C)c(C)cc2C1. The molecule has 0 amide bonds. The Morgan fingerprint density at radius 2 is 1.50 bits per heavy atom. The van der Waals surface area contributed by atoms with E-state index in [1.54, 1.807) is 0 Å². The van der Waals surface area contributed by atoms with E-state index in [0.717, 1.165) is 6.42 Å². The first-order valence-corrected chi connectivity index (χ1v) is 6.52. The van der Waals surface area contributed by atoms with Gasteiger partial charge >= 0.3 is 0 Å². The average Bonchev–Trinajstić information content (AvgIpc) is 2.66. The van der Waals surface area contributed by atoms with Crippen LogP contribution in [0.3, 0.4) is 0 Å². The van der Waals surface area contributed by atoms with Crippen molar-refractivity contribution in [2.75, 3.05) is 0 Å². The summed E-state index contributed by atoms with van der Waals surface area (Å²) >= 11 is 0. The summed E-state index contributed by atoms with van der Waals surface area (Å²) in [5.74, 6) is 0. The first-order valence-electron chi connectivity index (χ1n) is 6.52. The molecule has 2 aromatic carbocycles. The number of aryl methyl sites for hydroxylation is 2. The van der Waals surface area contributed by atoms with Crippen molar-refractivity contribution in [3.05, 3.63) is 75.9 Å². The summed E-state index contributed by atoms with van der Waals surface area (Å²) in [6.45, 7) is 6.66. The average molecular weight is 234 g/mol. The molecule has 1 aliphatic carbocycles. The van der Waals surface area contributed by atoms with Crippen LogP contribution in [0.5, 0.6) is 0 Å². The van der Waals surface area contributed by atoms with Crippen molar-refractivity contribution in [1.29, 1.82) is 0 Å². The molecule has 0 atom stereocenters. The van der Waals surface area contributed by atoms with Crippen molar-refractivity contribution in [3.63, 3.8) is 0 Å². The van der Waals surface area contributed by atoms with E-state index in [0.29, 0.717) is 0 Å². The molecule has 0 heterocycles. The summed E-state index contributed by atoms with van der Waals surface area (Å²) < 4.78 is 0. The molecule has 90 valence electrons. The molecule has 0 saturated heterocycles. The Labute approximate surface area is 109 Å². The molecule has 0 heteroatoms. The number of allylic oxidation sites excluding steroid dienone is 1. The molecule has 2 aromatic rings. The maximum absolute atomic E-state index is 2.35. The van der Waals surface area contributed by atoms with Crippen LogP contribution in [0.1, 0.15) is 34.7 Å². The van der Waals surface area contributed by atoms with Gasteiger partial charge in [0.05, 0.1) is 0 Å². The van der Waals surface area contributed by atoms with Gasteiger partial charge in [0, 0.05) is 0 Å². The normalized spacial score (nSPS) is 13.9. The van der Waals surface area contributed by atoms with Gasteiger partial charge in [-0.1, -0.05) is 48.0 Å². The number of rotatable bonds is 1. The molecular weight excluding hydrogens is 216 g/mol. The van der Waals surface area contributed by atoms with E-state index >= 15 is 0 Å². The van der Waals surface area contributed by atoms with Crippen molar-refractivity contribution in [1.82, 2.24) is 0 Å². The van der Waals surface area contributed by atoms with Crippen LogP contribution in [0.4, 0.5) is 0 Å². The number of benzene rings is 2. The van der Waals surface area contributed by atoms with Gasteiger partial charge in [0.25, 0.3) is 0 Å². The zero-order valence-electron chi connectivity index (χ0n) is 11.2. The second-order valence-electron chi connectivity index (χ2n) is 5.29. The Bertz CT molecular complexity index is 631. The van der Waals surface area contributed by atoms with Gasteiger partial charge in [0.15, 0.2) is 0 Å². The smallest absolute Gasteiger partial charge is 0.00542 e. The van der Waals surface area contributed by atoms with E-state index in [-0.39, 0.29) is 0 Å². The monoisotopic (exact) mass is 234 g/mol. The zero-order chi connectivity index (χ0) is 12.7. The minimum atomic E-state index is 1.10. The predicted molar refractivity (Wildman–Crippen MR) is 77.8 cm³/mol. The molecule has 0 spiro atoms. The fraction of sp³-hybridized carbons (Fsp3) is 0.222. The van der Waals surface area contributed by atoms with Crippen molar-refractivity contribution < 1.29 is 0 Å². The largest absolute Gasteiger partial charge is 0.0622 e. The third-order valence-corrected chi connectivity index (χ3v) is 3.93. The van der Waals surface area contributed by atoms with Crippen LogP contribution in [0.2, 0.25) is 0 Å². The maximum Gasteiger partial charge on any atom is -0.00542 e. The molecular formula is C18H18. The zero-order valence-corrected chi connectivity index (χ0v) is 11.2.